The first-order valence-corrected chi connectivity index (χ1v) is 13.6. The maximum atomic E-state index is 12.7. The van der Waals surface area contributed by atoms with Crippen molar-refractivity contribution in [2.45, 2.75) is 55.9 Å². The summed E-state index contributed by atoms with van der Waals surface area (Å²) in [6, 6.07) is 14.1. The van der Waals surface area contributed by atoms with E-state index in [1.54, 1.807) is 42.5 Å². The van der Waals surface area contributed by atoms with Crippen LogP contribution in [-0.2, 0) is 10.0 Å². The van der Waals surface area contributed by atoms with Gasteiger partial charge in [0.15, 0.2) is 0 Å². The second-order valence-electron chi connectivity index (χ2n) is 8.70. The predicted molar refractivity (Wildman–Crippen MR) is 131 cm³/mol. The first-order valence-electron chi connectivity index (χ1n) is 11.3. The SMILES string of the molecule is O=C(NS(=O)(=O)[C@H]1CC[C@H](N2CCC(Oc3ccc(Cl)c(Cl)c3)CC2)CC1)c1ccccc1. The van der Waals surface area contributed by atoms with Gasteiger partial charge in [-0.3, -0.25) is 4.79 Å². The monoisotopic (exact) mass is 510 g/mol. The van der Waals surface area contributed by atoms with Gasteiger partial charge in [-0.2, -0.15) is 0 Å². The molecule has 178 valence electrons. The van der Waals surface area contributed by atoms with Gasteiger partial charge in [-0.15, -0.1) is 0 Å². The molecule has 0 radical (unpaired) electrons. The molecule has 0 aromatic heterocycles. The molecule has 0 spiro atoms. The van der Waals surface area contributed by atoms with E-state index in [0.717, 1.165) is 44.5 Å². The number of sulfonamides is 1. The predicted octanol–water partition coefficient (Wildman–Crippen LogP) is 4.91. The van der Waals surface area contributed by atoms with E-state index in [9.17, 15) is 13.2 Å². The Kier molecular flexibility index (Phi) is 7.84. The van der Waals surface area contributed by atoms with Gasteiger partial charge in [0.05, 0.1) is 15.3 Å². The highest BCUT2D eigenvalue weighted by Crippen LogP contribution is 2.31. The molecule has 33 heavy (non-hydrogen) atoms. The van der Waals surface area contributed by atoms with E-state index in [-0.39, 0.29) is 6.10 Å². The van der Waals surface area contributed by atoms with E-state index < -0.39 is 21.2 Å². The minimum atomic E-state index is -3.69. The first-order chi connectivity index (χ1) is 15.8. The van der Waals surface area contributed by atoms with Gasteiger partial charge in [-0.1, -0.05) is 41.4 Å². The molecule has 1 heterocycles. The van der Waals surface area contributed by atoms with E-state index >= 15 is 0 Å². The summed E-state index contributed by atoms with van der Waals surface area (Å²) in [6.07, 6.45) is 4.68. The Labute approximate surface area is 205 Å². The van der Waals surface area contributed by atoms with Crippen molar-refractivity contribution < 1.29 is 17.9 Å². The van der Waals surface area contributed by atoms with Crippen LogP contribution in [0.15, 0.2) is 48.5 Å². The van der Waals surface area contributed by atoms with Crippen LogP contribution in [0.25, 0.3) is 0 Å². The molecule has 2 fully saturated rings. The highest BCUT2D eigenvalue weighted by molar-refractivity contribution is 7.90. The van der Waals surface area contributed by atoms with Crippen LogP contribution in [0.4, 0.5) is 0 Å². The van der Waals surface area contributed by atoms with Crippen LogP contribution in [0.5, 0.6) is 5.75 Å². The molecule has 2 aromatic rings. The first kappa shape index (κ1) is 24.3. The quantitative estimate of drug-likeness (QED) is 0.597. The number of benzene rings is 2. The van der Waals surface area contributed by atoms with E-state index in [4.69, 9.17) is 27.9 Å². The number of hydrogen-bond acceptors (Lipinski definition) is 5. The zero-order chi connectivity index (χ0) is 23.4. The molecule has 1 aliphatic heterocycles. The van der Waals surface area contributed by atoms with Crippen LogP contribution in [0, 0.1) is 0 Å². The molecule has 0 atom stereocenters. The Morgan fingerprint density at radius 2 is 1.58 bits per heavy atom. The second kappa shape index (κ2) is 10.6. The van der Waals surface area contributed by atoms with E-state index in [1.807, 2.05) is 6.07 Å². The number of halogens is 2. The summed E-state index contributed by atoms with van der Waals surface area (Å²) in [6.45, 7) is 1.83. The summed E-state index contributed by atoms with van der Waals surface area (Å²) < 4.78 is 33.8. The minimum absolute atomic E-state index is 0.128. The third-order valence-electron chi connectivity index (χ3n) is 6.54. The van der Waals surface area contributed by atoms with Crippen LogP contribution >= 0.6 is 23.2 Å². The Balaban J connectivity index is 1.24. The molecule has 1 N–H and O–H groups in total. The number of carbonyl (C=O) groups is 1. The highest BCUT2D eigenvalue weighted by Gasteiger charge is 2.35. The van der Waals surface area contributed by atoms with Crippen LogP contribution < -0.4 is 9.46 Å². The molecule has 2 aromatic carbocycles. The van der Waals surface area contributed by atoms with Crippen molar-refractivity contribution in [2.24, 2.45) is 0 Å². The number of amides is 1. The molecule has 0 unspecified atom stereocenters. The molecule has 4 rings (SSSR count). The van der Waals surface area contributed by atoms with Crippen molar-refractivity contribution >= 4 is 39.1 Å². The minimum Gasteiger partial charge on any atom is -0.490 e. The van der Waals surface area contributed by atoms with Crippen LogP contribution in [0.1, 0.15) is 48.9 Å². The maximum absolute atomic E-state index is 12.7. The van der Waals surface area contributed by atoms with Gasteiger partial charge in [-0.25, -0.2) is 13.1 Å². The Bertz CT molecular complexity index is 1070. The summed E-state index contributed by atoms with van der Waals surface area (Å²) in [5, 5.41) is 0.464. The summed E-state index contributed by atoms with van der Waals surface area (Å²) >= 11 is 12.0. The highest BCUT2D eigenvalue weighted by atomic mass is 35.5. The molecule has 0 bridgehead atoms. The van der Waals surface area contributed by atoms with Crippen molar-refractivity contribution in [3.05, 3.63) is 64.1 Å². The average molecular weight is 511 g/mol. The third-order valence-corrected chi connectivity index (χ3v) is 9.10. The van der Waals surface area contributed by atoms with Crippen molar-refractivity contribution in [3.8, 4) is 5.75 Å². The van der Waals surface area contributed by atoms with Gasteiger partial charge >= 0.3 is 0 Å². The van der Waals surface area contributed by atoms with Crippen LogP contribution in [-0.4, -0.2) is 49.7 Å². The topological polar surface area (TPSA) is 75.7 Å². The molecule has 1 amide bonds. The molecule has 1 saturated heterocycles. The van der Waals surface area contributed by atoms with Crippen molar-refractivity contribution in [1.29, 1.82) is 0 Å². The smallest absolute Gasteiger partial charge is 0.264 e. The Morgan fingerprint density at radius 3 is 2.21 bits per heavy atom. The van der Waals surface area contributed by atoms with Crippen LogP contribution in [0.2, 0.25) is 10.0 Å². The maximum Gasteiger partial charge on any atom is 0.264 e. The number of likely N-dealkylation sites (tertiary alicyclic amines) is 1. The number of ether oxygens (including phenoxy) is 1. The van der Waals surface area contributed by atoms with E-state index in [0.29, 0.717) is 34.5 Å². The molecular formula is C24H28Cl2N2O4S. The fourth-order valence-electron chi connectivity index (χ4n) is 4.68. The van der Waals surface area contributed by atoms with Gasteiger partial charge in [0, 0.05) is 30.8 Å². The van der Waals surface area contributed by atoms with Gasteiger partial charge in [0.2, 0.25) is 10.0 Å². The zero-order valence-electron chi connectivity index (χ0n) is 18.3. The van der Waals surface area contributed by atoms with Crippen molar-refractivity contribution in [3.63, 3.8) is 0 Å². The number of nitrogens with zero attached hydrogens (tertiary/aromatic N) is 1. The summed E-state index contributed by atoms with van der Waals surface area (Å²) in [5.41, 5.74) is 0.348. The fraction of sp³-hybridized carbons (Fsp3) is 0.458. The number of carbonyl (C=O) groups excluding carboxylic acids is 1. The second-order valence-corrected chi connectivity index (χ2v) is 11.5. The molecular weight excluding hydrogens is 483 g/mol. The van der Waals surface area contributed by atoms with Crippen molar-refractivity contribution in [2.75, 3.05) is 13.1 Å². The lowest BCUT2D eigenvalue weighted by Crippen LogP contribution is -2.48. The average Bonchev–Trinajstić information content (AvgIpc) is 2.82. The molecule has 1 saturated carbocycles. The van der Waals surface area contributed by atoms with Gasteiger partial charge < -0.3 is 9.64 Å². The fourth-order valence-corrected chi connectivity index (χ4v) is 6.41. The van der Waals surface area contributed by atoms with E-state index in [2.05, 4.69) is 9.62 Å². The Hall–Kier alpha value is -1.80. The standard InChI is InChI=1S/C24H28Cl2N2O4S/c25-22-11-8-20(16-23(22)26)32-19-12-14-28(15-13-19)18-6-9-21(10-7-18)33(30,31)27-24(29)17-4-2-1-3-5-17/h1-5,8,11,16,18-19,21H,6-7,9-10,12-15H2,(H,27,29)/t18-,21-. The number of piperidine rings is 1. The lowest BCUT2D eigenvalue weighted by Gasteiger charge is -2.40. The largest absolute Gasteiger partial charge is 0.490 e. The van der Waals surface area contributed by atoms with Crippen LogP contribution in [0.3, 0.4) is 0 Å². The van der Waals surface area contributed by atoms with Gasteiger partial charge in [0.1, 0.15) is 11.9 Å². The summed E-state index contributed by atoms with van der Waals surface area (Å²) in [7, 11) is -3.69. The zero-order valence-corrected chi connectivity index (χ0v) is 20.6. The Morgan fingerprint density at radius 1 is 0.909 bits per heavy atom. The summed E-state index contributed by atoms with van der Waals surface area (Å²) in [5.74, 6) is 0.160. The number of hydrogen-bond donors (Lipinski definition) is 1. The number of nitrogens with one attached hydrogen (secondary N) is 1. The molecule has 6 nitrogen and oxygen atoms in total. The molecule has 2 aliphatic rings. The molecule has 9 heteroatoms. The van der Waals surface area contributed by atoms with Gasteiger partial charge in [0.25, 0.3) is 5.91 Å². The lowest BCUT2D eigenvalue weighted by atomic mass is 9.92. The van der Waals surface area contributed by atoms with E-state index in [1.165, 1.54) is 0 Å². The summed E-state index contributed by atoms with van der Waals surface area (Å²) in [4.78, 5) is 14.7. The normalized spacial score (nSPS) is 22.6. The number of rotatable bonds is 6. The van der Waals surface area contributed by atoms with Gasteiger partial charge in [-0.05, 0) is 62.8 Å². The van der Waals surface area contributed by atoms with Crippen molar-refractivity contribution in [1.82, 2.24) is 9.62 Å². The lowest BCUT2D eigenvalue weighted by molar-refractivity contribution is 0.0633. The third kappa shape index (κ3) is 6.21. The molecule has 1 aliphatic carbocycles.